The molecule has 0 spiro atoms. The minimum absolute atomic E-state index is 0.0711. The second-order valence-corrected chi connectivity index (χ2v) is 6.62. The Labute approximate surface area is 140 Å². The van der Waals surface area contributed by atoms with Crippen molar-refractivity contribution in [3.05, 3.63) is 61.5 Å². The van der Waals surface area contributed by atoms with E-state index in [9.17, 15) is 9.90 Å². The monoisotopic (exact) mass is 385 g/mol. The largest absolute Gasteiger partial charge is 0.384 e. The molecule has 0 bridgehead atoms. The summed E-state index contributed by atoms with van der Waals surface area (Å²) in [4.78, 5) is 11.4. The van der Waals surface area contributed by atoms with E-state index in [1.54, 1.807) is 30.3 Å². The Balaban J connectivity index is 2.04. The average molecular weight is 387 g/mol. The zero-order chi connectivity index (χ0) is 15.1. The molecule has 0 aliphatic carbocycles. The number of aliphatic hydroxyl groups excluding tert-OH is 1. The first-order valence-corrected chi connectivity index (χ1v) is 7.75. The number of rotatable bonds is 2. The van der Waals surface area contributed by atoms with Gasteiger partial charge in [-0.05, 0) is 41.5 Å². The number of anilines is 1. The Kier molecular flexibility index (Phi) is 3.97. The summed E-state index contributed by atoms with van der Waals surface area (Å²) in [6.45, 7) is 0. The first-order valence-electron chi connectivity index (χ1n) is 6.20. The fourth-order valence-corrected chi connectivity index (χ4v) is 3.54. The lowest BCUT2D eigenvalue weighted by molar-refractivity contribution is -0.115. The summed E-state index contributed by atoms with van der Waals surface area (Å²) in [6.07, 6.45) is -0.612. The SMILES string of the molecule is O=C1Cc2cc(C(O)c3cc(Cl)cc(Br)c3)c(Cl)cc2N1. The van der Waals surface area contributed by atoms with Crippen LogP contribution in [0.15, 0.2) is 34.8 Å². The molecule has 2 aromatic carbocycles. The van der Waals surface area contributed by atoms with E-state index in [-0.39, 0.29) is 5.91 Å². The van der Waals surface area contributed by atoms with Gasteiger partial charge in [0.15, 0.2) is 0 Å². The van der Waals surface area contributed by atoms with Crippen LogP contribution in [-0.4, -0.2) is 11.0 Å². The fraction of sp³-hybridized carbons (Fsp3) is 0.133. The first kappa shape index (κ1) is 14.9. The van der Waals surface area contributed by atoms with Crippen LogP contribution in [0.1, 0.15) is 22.8 Å². The quantitative estimate of drug-likeness (QED) is 0.806. The molecule has 0 saturated heterocycles. The normalized spacial score (nSPS) is 14.8. The summed E-state index contributed by atoms with van der Waals surface area (Å²) in [6, 6.07) is 8.63. The number of fused-ring (bicyclic) bond motifs is 1. The lowest BCUT2D eigenvalue weighted by Crippen LogP contribution is -2.03. The molecule has 1 amide bonds. The Morgan fingerprint density at radius 3 is 2.67 bits per heavy atom. The molecule has 3 nitrogen and oxygen atoms in total. The van der Waals surface area contributed by atoms with Crippen molar-refractivity contribution < 1.29 is 9.90 Å². The molecule has 1 aliphatic heterocycles. The zero-order valence-electron chi connectivity index (χ0n) is 10.7. The van der Waals surface area contributed by atoms with E-state index in [4.69, 9.17) is 23.2 Å². The summed E-state index contributed by atoms with van der Waals surface area (Å²) >= 11 is 15.6. The van der Waals surface area contributed by atoms with Crippen LogP contribution in [0.2, 0.25) is 10.0 Å². The molecule has 3 rings (SSSR count). The van der Waals surface area contributed by atoms with Gasteiger partial charge in [0.05, 0.1) is 6.42 Å². The summed E-state index contributed by atoms with van der Waals surface area (Å²) in [7, 11) is 0. The van der Waals surface area contributed by atoms with Crippen LogP contribution < -0.4 is 5.32 Å². The standard InChI is InChI=1S/C15H10BrCl2NO2/c16-9-1-8(2-10(17)5-9)15(21)11-3-7-4-14(20)19-13(7)6-12(11)18/h1-3,5-6,15,21H,4H2,(H,19,20). The van der Waals surface area contributed by atoms with Crippen LogP contribution in [0, 0.1) is 0 Å². The van der Waals surface area contributed by atoms with Crippen LogP contribution in [-0.2, 0) is 11.2 Å². The smallest absolute Gasteiger partial charge is 0.228 e. The first-order chi connectivity index (χ1) is 9.94. The second kappa shape index (κ2) is 5.61. The number of nitrogens with one attached hydrogen (secondary N) is 1. The van der Waals surface area contributed by atoms with Gasteiger partial charge in [0, 0.05) is 25.8 Å². The Morgan fingerprint density at radius 1 is 1.19 bits per heavy atom. The van der Waals surface area contributed by atoms with E-state index in [0.717, 1.165) is 10.0 Å². The van der Waals surface area contributed by atoms with E-state index in [1.807, 2.05) is 0 Å². The van der Waals surface area contributed by atoms with Gasteiger partial charge in [0.2, 0.25) is 5.91 Å². The van der Waals surface area contributed by atoms with Crippen molar-refractivity contribution in [1.82, 2.24) is 0 Å². The molecule has 1 unspecified atom stereocenters. The lowest BCUT2D eigenvalue weighted by atomic mass is 9.98. The highest BCUT2D eigenvalue weighted by atomic mass is 79.9. The van der Waals surface area contributed by atoms with Crippen LogP contribution >= 0.6 is 39.1 Å². The molecule has 2 N–H and O–H groups in total. The van der Waals surface area contributed by atoms with Crippen LogP contribution in [0.4, 0.5) is 5.69 Å². The minimum Gasteiger partial charge on any atom is -0.384 e. The highest BCUT2D eigenvalue weighted by Gasteiger charge is 2.23. The third-order valence-corrected chi connectivity index (χ3v) is 4.35. The molecule has 2 aromatic rings. The van der Waals surface area contributed by atoms with Crippen molar-refractivity contribution in [1.29, 1.82) is 0 Å². The Morgan fingerprint density at radius 2 is 1.95 bits per heavy atom. The predicted molar refractivity (Wildman–Crippen MR) is 87.0 cm³/mol. The van der Waals surface area contributed by atoms with Gasteiger partial charge in [-0.1, -0.05) is 39.1 Å². The number of benzene rings is 2. The van der Waals surface area contributed by atoms with Gasteiger partial charge >= 0.3 is 0 Å². The zero-order valence-corrected chi connectivity index (χ0v) is 13.8. The van der Waals surface area contributed by atoms with E-state index in [2.05, 4.69) is 21.2 Å². The van der Waals surface area contributed by atoms with Gasteiger partial charge in [-0.25, -0.2) is 0 Å². The number of aliphatic hydroxyl groups is 1. The van der Waals surface area contributed by atoms with Crippen LogP contribution in [0.25, 0.3) is 0 Å². The van der Waals surface area contributed by atoms with E-state index >= 15 is 0 Å². The number of carbonyl (C=O) groups is 1. The van der Waals surface area contributed by atoms with Crippen LogP contribution in [0.5, 0.6) is 0 Å². The average Bonchev–Trinajstić information content (AvgIpc) is 2.75. The number of carbonyl (C=O) groups excluding carboxylic acids is 1. The predicted octanol–water partition coefficient (Wildman–Crippen LogP) is 4.33. The molecule has 0 radical (unpaired) electrons. The second-order valence-electron chi connectivity index (χ2n) is 4.86. The summed E-state index contributed by atoms with van der Waals surface area (Å²) in [5.74, 6) is -0.0711. The topological polar surface area (TPSA) is 49.3 Å². The minimum atomic E-state index is -0.909. The van der Waals surface area contributed by atoms with Crippen LogP contribution in [0.3, 0.4) is 0 Å². The number of hydrogen-bond donors (Lipinski definition) is 2. The highest BCUT2D eigenvalue weighted by Crippen LogP contribution is 2.36. The van der Waals surface area contributed by atoms with Gasteiger partial charge in [0.1, 0.15) is 6.10 Å². The van der Waals surface area contributed by atoms with Crippen molar-refractivity contribution in [2.24, 2.45) is 0 Å². The Bertz CT molecular complexity index is 728. The van der Waals surface area contributed by atoms with E-state index < -0.39 is 6.10 Å². The molecule has 1 aliphatic rings. The molecular weight excluding hydrogens is 377 g/mol. The van der Waals surface area contributed by atoms with Gasteiger partial charge in [-0.15, -0.1) is 0 Å². The van der Waals surface area contributed by atoms with Crippen molar-refractivity contribution in [3.63, 3.8) is 0 Å². The number of hydrogen-bond acceptors (Lipinski definition) is 2. The number of amides is 1. The van der Waals surface area contributed by atoms with Crippen molar-refractivity contribution in [3.8, 4) is 0 Å². The molecule has 1 heterocycles. The molecular formula is C15H10BrCl2NO2. The maximum atomic E-state index is 11.4. The van der Waals surface area contributed by atoms with Gasteiger partial charge in [-0.2, -0.15) is 0 Å². The molecule has 1 atom stereocenters. The summed E-state index contributed by atoms with van der Waals surface area (Å²) in [5.41, 5.74) is 2.72. The third-order valence-electron chi connectivity index (χ3n) is 3.34. The van der Waals surface area contributed by atoms with E-state index in [0.29, 0.717) is 33.3 Å². The summed E-state index contributed by atoms with van der Waals surface area (Å²) in [5, 5.41) is 14.2. The van der Waals surface area contributed by atoms with Gasteiger partial charge in [-0.3, -0.25) is 4.79 Å². The maximum Gasteiger partial charge on any atom is 0.228 e. The molecule has 0 aromatic heterocycles. The number of halogens is 3. The molecule has 0 saturated carbocycles. The van der Waals surface area contributed by atoms with Crippen molar-refractivity contribution in [2.75, 3.05) is 5.32 Å². The molecule has 6 heteroatoms. The highest BCUT2D eigenvalue weighted by molar-refractivity contribution is 9.10. The van der Waals surface area contributed by atoms with Gasteiger partial charge in [0.25, 0.3) is 0 Å². The lowest BCUT2D eigenvalue weighted by Gasteiger charge is -2.15. The maximum absolute atomic E-state index is 11.4. The van der Waals surface area contributed by atoms with Crippen molar-refractivity contribution in [2.45, 2.75) is 12.5 Å². The van der Waals surface area contributed by atoms with Crippen molar-refractivity contribution >= 4 is 50.7 Å². The third kappa shape index (κ3) is 2.94. The Hall–Kier alpha value is -1.07. The molecule has 21 heavy (non-hydrogen) atoms. The van der Waals surface area contributed by atoms with E-state index in [1.165, 1.54) is 0 Å². The van der Waals surface area contributed by atoms with Gasteiger partial charge < -0.3 is 10.4 Å². The molecule has 108 valence electrons. The summed E-state index contributed by atoms with van der Waals surface area (Å²) < 4.78 is 0.776. The molecule has 0 fully saturated rings. The fourth-order valence-electron chi connectivity index (χ4n) is 2.39.